The molecule has 1 aromatic heterocycles. The second-order valence-electron chi connectivity index (χ2n) is 3.93. The molecular formula is C13H16N2O2. The molecule has 0 bridgehead atoms. The van der Waals surface area contributed by atoms with Gasteiger partial charge in [-0.2, -0.15) is 5.10 Å². The average Bonchev–Trinajstić information content (AvgIpc) is 2.87. The molecule has 0 radical (unpaired) electrons. The Labute approximate surface area is 100 Å². The Hall–Kier alpha value is -1.65. The second-order valence-corrected chi connectivity index (χ2v) is 3.93. The van der Waals surface area contributed by atoms with E-state index in [0.717, 1.165) is 6.54 Å². The van der Waals surface area contributed by atoms with E-state index in [2.05, 4.69) is 5.10 Å². The van der Waals surface area contributed by atoms with Crippen molar-refractivity contribution in [2.45, 2.75) is 25.7 Å². The molecule has 0 aliphatic heterocycles. The van der Waals surface area contributed by atoms with Crippen LogP contribution in [0.15, 0.2) is 42.7 Å². The van der Waals surface area contributed by atoms with E-state index in [-0.39, 0.29) is 0 Å². The normalized spacial score (nSPS) is 14.5. The fourth-order valence-corrected chi connectivity index (χ4v) is 1.72. The van der Waals surface area contributed by atoms with Gasteiger partial charge in [-0.1, -0.05) is 30.3 Å². The molecule has 90 valence electrons. The highest BCUT2D eigenvalue weighted by molar-refractivity contribution is 5.22. The standard InChI is InChI=1S/C13H16N2O2/c1-2-15-9-11(8-14-15)13(17)12(16)10-6-4-3-5-7-10/h3-9,12-13,16-17H,2H2,1H3. The Morgan fingerprint density at radius 1 is 1.12 bits per heavy atom. The lowest BCUT2D eigenvalue weighted by atomic mass is 10.0. The maximum Gasteiger partial charge on any atom is 0.112 e. The first-order valence-corrected chi connectivity index (χ1v) is 5.65. The molecule has 1 aromatic carbocycles. The van der Waals surface area contributed by atoms with Gasteiger partial charge in [0.25, 0.3) is 0 Å². The van der Waals surface area contributed by atoms with E-state index in [1.54, 1.807) is 29.2 Å². The minimum absolute atomic E-state index is 0.628. The molecule has 0 fully saturated rings. The van der Waals surface area contributed by atoms with Crippen molar-refractivity contribution < 1.29 is 10.2 Å². The Morgan fingerprint density at radius 2 is 1.76 bits per heavy atom. The highest BCUT2D eigenvalue weighted by atomic mass is 16.3. The maximum absolute atomic E-state index is 10.0. The highest BCUT2D eigenvalue weighted by Crippen LogP contribution is 2.27. The van der Waals surface area contributed by atoms with Gasteiger partial charge in [-0.3, -0.25) is 4.68 Å². The van der Waals surface area contributed by atoms with Crippen molar-refractivity contribution in [3.8, 4) is 0 Å². The fourth-order valence-electron chi connectivity index (χ4n) is 1.72. The minimum Gasteiger partial charge on any atom is -0.385 e. The van der Waals surface area contributed by atoms with Crippen LogP contribution in [0.3, 0.4) is 0 Å². The summed E-state index contributed by atoms with van der Waals surface area (Å²) in [5.41, 5.74) is 1.33. The summed E-state index contributed by atoms with van der Waals surface area (Å²) < 4.78 is 1.72. The molecule has 0 amide bonds. The van der Waals surface area contributed by atoms with Crippen LogP contribution < -0.4 is 0 Å². The van der Waals surface area contributed by atoms with Crippen LogP contribution in [0.25, 0.3) is 0 Å². The molecule has 0 spiro atoms. The molecule has 2 N–H and O–H groups in total. The lowest BCUT2D eigenvalue weighted by Gasteiger charge is -2.16. The van der Waals surface area contributed by atoms with Crippen molar-refractivity contribution in [2.24, 2.45) is 0 Å². The summed E-state index contributed by atoms with van der Waals surface area (Å²) in [6, 6.07) is 9.12. The van der Waals surface area contributed by atoms with Crippen LogP contribution >= 0.6 is 0 Å². The molecule has 4 nitrogen and oxygen atoms in total. The Bertz CT molecular complexity index is 467. The molecule has 0 saturated carbocycles. The molecule has 0 aliphatic rings. The largest absolute Gasteiger partial charge is 0.385 e. The summed E-state index contributed by atoms with van der Waals surface area (Å²) in [5.74, 6) is 0. The van der Waals surface area contributed by atoms with Crippen LogP contribution in [0.4, 0.5) is 0 Å². The van der Waals surface area contributed by atoms with E-state index in [9.17, 15) is 10.2 Å². The lowest BCUT2D eigenvalue weighted by molar-refractivity contribution is 0.0172. The Morgan fingerprint density at radius 3 is 2.35 bits per heavy atom. The fraction of sp³-hybridized carbons (Fsp3) is 0.308. The van der Waals surface area contributed by atoms with Crippen molar-refractivity contribution in [1.82, 2.24) is 9.78 Å². The Balaban J connectivity index is 2.17. The van der Waals surface area contributed by atoms with Crippen LogP contribution in [-0.4, -0.2) is 20.0 Å². The third-order valence-corrected chi connectivity index (χ3v) is 2.76. The summed E-state index contributed by atoms with van der Waals surface area (Å²) in [4.78, 5) is 0. The van der Waals surface area contributed by atoms with Gasteiger partial charge in [0.15, 0.2) is 0 Å². The van der Waals surface area contributed by atoms with Gasteiger partial charge in [0.1, 0.15) is 12.2 Å². The summed E-state index contributed by atoms with van der Waals surface area (Å²) in [5, 5.41) is 24.2. The molecule has 2 unspecified atom stereocenters. The first-order chi connectivity index (χ1) is 8.22. The number of aromatic nitrogens is 2. The van der Waals surface area contributed by atoms with Crippen molar-refractivity contribution in [2.75, 3.05) is 0 Å². The zero-order valence-electron chi connectivity index (χ0n) is 9.69. The smallest absolute Gasteiger partial charge is 0.112 e. The summed E-state index contributed by atoms with van der Waals surface area (Å²) in [6.07, 6.45) is 1.46. The van der Waals surface area contributed by atoms with Gasteiger partial charge in [-0.25, -0.2) is 0 Å². The Kier molecular flexibility index (Phi) is 3.56. The maximum atomic E-state index is 10.0. The van der Waals surface area contributed by atoms with Gasteiger partial charge in [0, 0.05) is 18.3 Å². The number of hydrogen-bond acceptors (Lipinski definition) is 3. The second kappa shape index (κ2) is 5.12. The predicted octanol–water partition coefficient (Wildman–Crippen LogP) is 1.67. The van der Waals surface area contributed by atoms with E-state index in [0.29, 0.717) is 11.1 Å². The van der Waals surface area contributed by atoms with Crippen molar-refractivity contribution >= 4 is 0 Å². The number of aliphatic hydroxyl groups excluding tert-OH is 2. The number of aliphatic hydroxyl groups is 2. The summed E-state index contributed by atoms with van der Waals surface area (Å²) >= 11 is 0. The first-order valence-electron chi connectivity index (χ1n) is 5.65. The number of benzene rings is 1. The molecule has 0 saturated heterocycles. The van der Waals surface area contributed by atoms with Gasteiger partial charge in [-0.15, -0.1) is 0 Å². The van der Waals surface area contributed by atoms with Crippen LogP contribution in [0.5, 0.6) is 0 Å². The zero-order chi connectivity index (χ0) is 12.3. The molecule has 2 rings (SSSR count). The number of hydrogen-bond donors (Lipinski definition) is 2. The van der Waals surface area contributed by atoms with Gasteiger partial charge < -0.3 is 10.2 Å². The lowest BCUT2D eigenvalue weighted by Crippen LogP contribution is -2.09. The quantitative estimate of drug-likeness (QED) is 0.843. The van der Waals surface area contributed by atoms with Crippen molar-refractivity contribution in [3.05, 3.63) is 53.9 Å². The van der Waals surface area contributed by atoms with Crippen LogP contribution in [0, 0.1) is 0 Å². The van der Waals surface area contributed by atoms with E-state index >= 15 is 0 Å². The third kappa shape index (κ3) is 2.54. The van der Waals surface area contributed by atoms with Crippen LogP contribution in [0.1, 0.15) is 30.3 Å². The highest BCUT2D eigenvalue weighted by Gasteiger charge is 2.21. The first kappa shape index (κ1) is 11.8. The molecule has 4 heteroatoms. The molecule has 0 aliphatic carbocycles. The number of nitrogens with zero attached hydrogens (tertiary/aromatic N) is 2. The molecule has 1 heterocycles. The van der Waals surface area contributed by atoms with Crippen molar-refractivity contribution in [3.63, 3.8) is 0 Å². The average molecular weight is 232 g/mol. The summed E-state index contributed by atoms with van der Waals surface area (Å²) in [6.45, 7) is 2.71. The predicted molar refractivity (Wildman–Crippen MR) is 64.3 cm³/mol. The van der Waals surface area contributed by atoms with E-state index < -0.39 is 12.2 Å². The van der Waals surface area contributed by atoms with E-state index in [1.165, 1.54) is 0 Å². The third-order valence-electron chi connectivity index (χ3n) is 2.76. The van der Waals surface area contributed by atoms with Crippen LogP contribution in [0.2, 0.25) is 0 Å². The van der Waals surface area contributed by atoms with Gasteiger partial charge in [0.05, 0.1) is 6.20 Å². The molecule has 2 atom stereocenters. The molecular weight excluding hydrogens is 216 g/mol. The minimum atomic E-state index is -0.947. The van der Waals surface area contributed by atoms with Crippen molar-refractivity contribution in [1.29, 1.82) is 0 Å². The van der Waals surface area contributed by atoms with Gasteiger partial charge in [-0.05, 0) is 12.5 Å². The number of rotatable bonds is 4. The monoisotopic (exact) mass is 232 g/mol. The summed E-state index contributed by atoms with van der Waals surface area (Å²) in [7, 11) is 0. The van der Waals surface area contributed by atoms with E-state index in [1.807, 2.05) is 25.1 Å². The SMILES string of the molecule is CCn1cc(C(O)C(O)c2ccccc2)cn1. The topological polar surface area (TPSA) is 58.3 Å². The molecule has 17 heavy (non-hydrogen) atoms. The van der Waals surface area contributed by atoms with Gasteiger partial charge in [0.2, 0.25) is 0 Å². The van der Waals surface area contributed by atoms with Gasteiger partial charge >= 0.3 is 0 Å². The van der Waals surface area contributed by atoms with E-state index in [4.69, 9.17) is 0 Å². The zero-order valence-corrected chi connectivity index (χ0v) is 9.69. The number of aryl methyl sites for hydroxylation is 1. The van der Waals surface area contributed by atoms with Crippen LogP contribution in [-0.2, 0) is 6.54 Å². The molecule has 2 aromatic rings.